The second-order valence-electron chi connectivity index (χ2n) is 5.22. The molecular formula is C15H17FN2O2. The molecule has 1 saturated carbocycles. The van der Waals surface area contributed by atoms with Gasteiger partial charge in [0, 0.05) is 0 Å². The fraction of sp³-hybridized carbons (Fsp3) is 0.467. The van der Waals surface area contributed by atoms with Gasteiger partial charge in [0.25, 0.3) is 0 Å². The number of carbonyl (C=O) groups excluding carboxylic acids is 1. The maximum Gasteiger partial charge on any atom is 0.224 e. The molecule has 1 aromatic carbocycles. The molecule has 0 radical (unpaired) electrons. The van der Waals surface area contributed by atoms with Crippen LogP contribution in [0.2, 0.25) is 0 Å². The lowest BCUT2D eigenvalue weighted by atomic mass is 9.98. The Morgan fingerprint density at radius 1 is 1.50 bits per heavy atom. The van der Waals surface area contributed by atoms with E-state index in [-0.39, 0.29) is 12.3 Å². The largest absolute Gasteiger partial charge is 0.388 e. The van der Waals surface area contributed by atoms with Crippen molar-refractivity contribution in [2.45, 2.75) is 43.7 Å². The summed E-state index contributed by atoms with van der Waals surface area (Å²) in [7, 11) is 0. The zero-order chi connectivity index (χ0) is 14.6. The fourth-order valence-electron chi connectivity index (χ4n) is 2.57. The summed E-state index contributed by atoms with van der Waals surface area (Å²) in [6.45, 7) is 0. The first-order chi connectivity index (χ1) is 9.54. The van der Waals surface area contributed by atoms with Crippen molar-refractivity contribution in [2.24, 2.45) is 0 Å². The number of benzene rings is 1. The normalized spacial score (nSPS) is 18.2. The summed E-state index contributed by atoms with van der Waals surface area (Å²) in [6, 6.07) is 7.69. The summed E-state index contributed by atoms with van der Waals surface area (Å²) in [5.74, 6) is -0.837. The van der Waals surface area contributed by atoms with Crippen LogP contribution in [-0.2, 0) is 4.79 Å². The van der Waals surface area contributed by atoms with Crippen LogP contribution >= 0.6 is 0 Å². The van der Waals surface area contributed by atoms with Crippen LogP contribution in [0.4, 0.5) is 4.39 Å². The van der Waals surface area contributed by atoms with E-state index in [4.69, 9.17) is 0 Å². The third-order valence-electron chi connectivity index (χ3n) is 3.66. The molecule has 1 unspecified atom stereocenters. The zero-order valence-electron chi connectivity index (χ0n) is 11.1. The predicted octanol–water partition coefficient (Wildman–Crippen LogP) is 2.20. The van der Waals surface area contributed by atoms with Gasteiger partial charge in [-0.15, -0.1) is 0 Å². The molecule has 1 aliphatic carbocycles. The Bertz CT molecular complexity index is 533. The first-order valence-corrected chi connectivity index (χ1v) is 6.70. The van der Waals surface area contributed by atoms with Gasteiger partial charge in [0.1, 0.15) is 11.4 Å². The van der Waals surface area contributed by atoms with E-state index in [9.17, 15) is 19.6 Å². The Hall–Kier alpha value is -1.93. The molecule has 1 aliphatic rings. The summed E-state index contributed by atoms with van der Waals surface area (Å²) in [4.78, 5) is 11.9. The first-order valence-electron chi connectivity index (χ1n) is 6.70. The minimum atomic E-state index is -1.07. The molecule has 0 spiro atoms. The van der Waals surface area contributed by atoms with Crippen LogP contribution in [0.25, 0.3) is 0 Å². The molecule has 4 nitrogen and oxygen atoms in total. The first kappa shape index (κ1) is 14.5. The highest BCUT2D eigenvalue weighted by Gasteiger charge is 2.35. The number of nitriles is 1. The topological polar surface area (TPSA) is 73.1 Å². The molecule has 2 N–H and O–H groups in total. The molecule has 1 atom stereocenters. The molecule has 1 amide bonds. The van der Waals surface area contributed by atoms with Gasteiger partial charge in [-0.25, -0.2) is 4.39 Å². The average molecular weight is 276 g/mol. The van der Waals surface area contributed by atoms with E-state index in [1.165, 1.54) is 18.2 Å². The van der Waals surface area contributed by atoms with Crippen molar-refractivity contribution in [3.8, 4) is 6.07 Å². The number of nitrogens with one attached hydrogen (secondary N) is 1. The van der Waals surface area contributed by atoms with E-state index in [2.05, 4.69) is 11.4 Å². The fourth-order valence-corrected chi connectivity index (χ4v) is 2.57. The van der Waals surface area contributed by atoms with Crippen LogP contribution in [0.15, 0.2) is 24.3 Å². The maximum absolute atomic E-state index is 13.1. The van der Waals surface area contributed by atoms with Gasteiger partial charge in [-0.3, -0.25) is 4.79 Å². The monoisotopic (exact) mass is 276 g/mol. The van der Waals surface area contributed by atoms with Gasteiger partial charge in [0.2, 0.25) is 5.91 Å². The van der Waals surface area contributed by atoms with Crippen molar-refractivity contribution in [3.05, 3.63) is 35.6 Å². The number of hydrogen-bond acceptors (Lipinski definition) is 3. The van der Waals surface area contributed by atoms with Crippen LogP contribution in [-0.4, -0.2) is 16.6 Å². The molecule has 106 valence electrons. The quantitative estimate of drug-likeness (QED) is 0.885. The van der Waals surface area contributed by atoms with E-state index in [1.54, 1.807) is 6.07 Å². The molecule has 1 fully saturated rings. The number of amides is 1. The number of hydrogen-bond donors (Lipinski definition) is 2. The number of aliphatic hydroxyl groups excluding tert-OH is 1. The summed E-state index contributed by atoms with van der Waals surface area (Å²) < 4.78 is 13.1. The number of aliphatic hydroxyl groups is 1. The Morgan fingerprint density at radius 3 is 2.80 bits per heavy atom. The molecule has 0 aliphatic heterocycles. The lowest BCUT2D eigenvalue weighted by Gasteiger charge is -2.22. The second-order valence-corrected chi connectivity index (χ2v) is 5.22. The minimum Gasteiger partial charge on any atom is -0.388 e. The van der Waals surface area contributed by atoms with Crippen LogP contribution in [0.1, 0.15) is 43.8 Å². The highest BCUT2D eigenvalue weighted by molar-refractivity contribution is 5.78. The van der Waals surface area contributed by atoms with Crippen LogP contribution in [0, 0.1) is 17.1 Å². The van der Waals surface area contributed by atoms with Gasteiger partial charge < -0.3 is 10.4 Å². The van der Waals surface area contributed by atoms with E-state index in [1.807, 2.05) is 0 Å². The highest BCUT2D eigenvalue weighted by Crippen LogP contribution is 2.29. The van der Waals surface area contributed by atoms with Crippen molar-refractivity contribution in [1.82, 2.24) is 5.32 Å². The van der Waals surface area contributed by atoms with E-state index >= 15 is 0 Å². The van der Waals surface area contributed by atoms with Gasteiger partial charge in [0.15, 0.2) is 0 Å². The lowest BCUT2D eigenvalue weighted by molar-refractivity contribution is -0.124. The van der Waals surface area contributed by atoms with E-state index < -0.39 is 17.5 Å². The van der Waals surface area contributed by atoms with Crippen molar-refractivity contribution < 1.29 is 14.3 Å². The Morgan fingerprint density at radius 2 is 2.20 bits per heavy atom. The van der Waals surface area contributed by atoms with Gasteiger partial charge in [-0.05, 0) is 43.4 Å². The SMILES string of the molecule is N#CC1(NC(=O)CC(O)c2cccc(F)c2)CCCC1. The molecule has 20 heavy (non-hydrogen) atoms. The molecule has 2 rings (SSSR count). The molecule has 0 aromatic heterocycles. The van der Waals surface area contributed by atoms with Gasteiger partial charge in [-0.2, -0.15) is 5.26 Å². The van der Waals surface area contributed by atoms with Crippen molar-refractivity contribution >= 4 is 5.91 Å². The zero-order valence-corrected chi connectivity index (χ0v) is 11.1. The molecule has 1 aromatic rings. The lowest BCUT2D eigenvalue weighted by Crippen LogP contribution is -2.45. The Balaban J connectivity index is 1.96. The molecule has 0 saturated heterocycles. The van der Waals surface area contributed by atoms with Crippen LogP contribution < -0.4 is 5.32 Å². The van der Waals surface area contributed by atoms with E-state index in [0.29, 0.717) is 18.4 Å². The number of nitrogens with zero attached hydrogens (tertiary/aromatic N) is 1. The minimum absolute atomic E-state index is 0.174. The number of carbonyl (C=O) groups is 1. The summed E-state index contributed by atoms with van der Waals surface area (Å²) in [5.41, 5.74) is -0.434. The number of halogens is 1. The Labute approximate surface area is 117 Å². The van der Waals surface area contributed by atoms with Crippen molar-refractivity contribution in [3.63, 3.8) is 0 Å². The summed E-state index contributed by atoms with van der Waals surface area (Å²) >= 11 is 0. The number of rotatable bonds is 4. The van der Waals surface area contributed by atoms with E-state index in [0.717, 1.165) is 12.8 Å². The van der Waals surface area contributed by atoms with Gasteiger partial charge in [-0.1, -0.05) is 12.1 Å². The second kappa shape index (κ2) is 6.02. The highest BCUT2D eigenvalue weighted by atomic mass is 19.1. The molecule has 0 bridgehead atoms. The third-order valence-corrected chi connectivity index (χ3v) is 3.66. The third kappa shape index (κ3) is 3.34. The molecular weight excluding hydrogens is 259 g/mol. The van der Waals surface area contributed by atoms with Gasteiger partial charge >= 0.3 is 0 Å². The Kier molecular flexibility index (Phi) is 4.35. The smallest absolute Gasteiger partial charge is 0.224 e. The molecule has 0 heterocycles. The van der Waals surface area contributed by atoms with Gasteiger partial charge in [0.05, 0.1) is 18.6 Å². The van der Waals surface area contributed by atoms with Crippen LogP contribution in [0.5, 0.6) is 0 Å². The maximum atomic E-state index is 13.1. The molecule has 5 heteroatoms. The van der Waals surface area contributed by atoms with Crippen molar-refractivity contribution in [2.75, 3.05) is 0 Å². The average Bonchev–Trinajstić information content (AvgIpc) is 2.87. The van der Waals surface area contributed by atoms with Crippen molar-refractivity contribution in [1.29, 1.82) is 5.26 Å². The summed E-state index contributed by atoms with van der Waals surface area (Å²) in [6.07, 6.45) is 1.88. The predicted molar refractivity (Wildman–Crippen MR) is 70.9 cm³/mol. The van der Waals surface area contributed by atoms with Crippen LogP contribution in [0.3, 0.4) is 0 Å². The summed E-state index contributed by atoms with van der Waals surface area (Å²) in [5, 5.41) is 21.8. The standard InChI is InChI=1S/C15H17FN2O2/c16-12-5-3-4-11(8-12)13(19)9-14(20)18-15(10-17)6-1-2-7-15/h3-5,8,13,19H,1-2,6-7,9H2,(H,18,20).